The second kappa shape index (κ2) is 9.08. The number of aliphatic hydroxyl groups is 1. The van der Waals surface area contributed by atoms with Gasteiger partial charge in [-0.2, -0.15) is 10.5 Å². The molecule has 4 heteroatoms. The number of likely N-dealkylation sites (N-methyl/N-ethyl adjacent to an activating group) is 1. The Morgan fingerprint density at radius 1 is 1.04 bits per heavy atom. The zero-order valence-corrected chi connectivity index (χ0v) is 14.1. The van der Waals surface area contributed by atoms with Crippen LogP contribution < -0.4 is 4.90 Å². The van der Waals surface area contributed by atoms with E-state index in [4.69, 9.17) is 15.6 Å². The second-order valence-electron chi connectivity index (χ2n) is 5.48. The van der Waals surface area contributed by atoms with Gasteiger partial charge in [0.25, 0.3) is 0 Å². The van der Waals surface area contributed by atoms with Crippen LogP contribution in [0.15, 0.2) is 66.3 Å². The Labute approximate surface area is 147 Å². The Hall–Kier alpha value is -3.34. The summed E-state index contributed by atoms with van der Waals surface area (Å²) in [4.78, 5) is 2.02. The molecule has 0 saturated carbocycles. The third-order valence-electron chi connectivity index (χ3n) is 3.74. The average molecular weight is 329 g/mol. The highest BCUT2D eigenvalue weighted by molar-refractivity contribution is 5.87. The third kappa shape index (κ3) is 5.07. The smallest absolute Gasteiger partial charge is 0.129 e. The molecule has 0 bridgehead atoms. The van der Waals surface area contributed by atoms with Crippen molar-refractivity contribution < 1.29 is 5.11 Å². The molecule has 0 aromatic heterocycles. The number of fused-ring (bicyclic) bond motifs is 1. The fourth-order valence-electron chi connectivity index (χ4n) is 2.35. The van der Waals surface area contributed by atoms with Crippen LogP contribution in [-0.2, 0) is 0 Å². The zero-order chi connectivity index (χ0) is 18.1. The molecule has 0 radical (unpaired) electrons. The van der Waals surface area contributed by atoms with Crippen molar-refractivity contribution >= 4 is 22.5 Å². The summed E-state index contributed by atoms with van der Waals surface area (Å²) in [7, 11) is 1.96. The first kappa shape index (κ1) is 18.0. The molecule has 0 fully saturated rings. The Bertz CT molecular complexity index is 895. The van der Waals surface area contributed by atoms with Crippen molar-refractivity contribution in [1.29, 1.82) is 10.5 Å². The minimum atomic E-state index is 0.0809. The van der Waals surface area contributed by atoms with Gasteiger partial charge >= 0.3 is 0 Å². The highest BCUT2D eigenvalue weighted by Gasteiger charge is 2.02. The van der Waals surface area contributed by atoms with Crippen molar-refractivity contribution in [2.24, 2.45) is 0 Å². The van der Waals surface area contributed by atoms with Crippen LogP contribution >= 0.6 is 0 Å². The number of hydrogen-bond donors (Lipinski definition) is 1. The SMILES string of the molecule is CN(CCO)c1ccc2cc(/C=C/C=C/C=C(C#N)C#N)ccc2c1. The summed E-state index contributed by atoms with van der Waals surface area (Å²) < 4.78 is 0. The number of anilines is 1. The van der Waals surface area contributed by atoms with Crippen LogP contribution in [0.5, 0.6) is 0 Å². The lowest BCUT2D eigenvalue weighted by atomic mass is 10.1. The van der Waals surface area contributed by atoms with Gasteiger partial charge in [0, 0.05) is 19.3 Å². The Morgan fingerprint density at radius 3 is 2.48 bits per heavy atom. The molecular weight excluding hydrogens is 310 g/mol. The largest absolute Gasteiger partial charge is 0.395 e. The lowest BCUT2D eigenvalue weighted by Crippen LogP contribution is -2.20. The van der Waals surface area contributed by atoms with E-state index in [-0.39, 0.29) is 12.2 Å². The molecule has 2 aromatic carbocycles. The first-order chi connectivity index (χ1) is 12.2. The number of nitrogens with zero attached hydrogens (tertiary/aromatic N) is 3. The summed E-state index contributed by atoms with van der Waals surface area (Å²) in [6.07, 6.45) is 8.77. The van der Waals surface area contributed by atoms with Crippen LogP contribution in [0.25, 0.3) is 16.8 Å². The highest BCUT2D eigenvalue weighted by Crippen LogP contribution is 2.23. The van der Waals surface area contributed by atoms with Crippen LogP contribution in [0.1, 0.15) is 5.56 Å². The van der Waals surface area contributed by atoms with Crippen molar-refractivity contribution in [3.05, 3.63) is 71.8 Å². The molecule has 2 aromatic rings. The number of hydrogen-bond acceptors (Lipinski definition) is 4. The van der Waals surface area contributed by atoms with Crippen LogP contribution in [0, 0.1) is 22.7 Å². The first-order valence-corrected chi connectivity index (χ1v) is 7.89. The van der Waals surface area contributed by atoms with Gasteiger partial charge in [0.1, 0.15) is 17.7 Å². The molecule has 0 heterocycles. The highest BCUT2D eigenvalue weighted by atomic mass is 16.3. The predicted octanol–water partition coefficient (Wildman–Crippen LogP) is 3.81. The van der Waals surface area contributed by atoms with Crippen molar-refractivity contribution in [3.8, 4) is 12.1 Å². The van der Waals surface area contributed by atoms with Crippen molar-refractivity contribution in [1.82, 2.24) is 0 Å². The summed E-state index contributed by atoms with van der Waals surface area (Å²) in [6.45, 7) is 0.734. The van der Waals surface area contributed by atoms with Gasteiger partial charge in [0.05, 0.1) is 6.61 Å². The van der Waals surface area contributed by atoms with E-state index in [0.29, 0.717) is 6.54 Å². The maximum Gasteiger partial charge on any atom is 0.129 e. The van der Waals surface area contributed by atoms with Crippen molar-refractivity contribution in [2.45, 2.75) is 0 Å². The third-order valence-corrected chi connectivity index (χ3v) is 3.74. The molecule has 0 aliphatic rings. The predicted molar refractivity (Wildman–Crippen MR) is 102 cm³/mol. The van der Waals surface area contributed by atoms with Crippen LogP contribution in [0.4, 0.5) is 5.69 Å². The van der Waals surface area contributed by atoms with Gasteiger partial charge in [-0.15, -0.1) is 0 Å². The van der Waals surface area contributed by atoms with Gasteiger partial charge < -0.3 is 10.0 Å². The standard InChI is InChI=1S/C21H19N3O/c1-24(11-12-25)21-10-9-19-13-17(7-8-20(19)14-21)5-3-2-4-6-18(15-22)16-23/h2-10,13-14,25H,11-12H2,1H3/b4-2+,5-3+. The Balaban J connectivity index is 2.14. The number of aliphatic hydroxyl groups excluding tert-OH is 1. The number of nitriles is 2. The van der Waals surface area contributed by atoms with E-state index < -0.39 is 0 Å². The van der Waals surface area contributed by atoms with Gasteiger partial charge in [-0.1, -0.05) is 42.5 Å². The molecule has 0 saturated heterocycles. The summed E-state index contributed by atoms with van der Waals surface area (Å²) in [5, 5.41) is 28.6. The molecule has 4 nitrogen and oxygen atoms in total. The minimum absolute atomic E-state index is 0.0809. The molecule has 0 atom stereocenters. The maximum absolute atomic E-state index is 9.04. The quantitative estimate of drug-likeness (QED) is 0.646. The maximum atomic E-state index is 9.04. The number of rotatable bonds is 6. The Kier molecular flexibility index (Phi) is 6.54. The van der Waals surface area contributed by atoms with E-state index in [1.807, 2.05) is 48.4 Å². The second-order valence-corrected chi connectivity index (χ2v) is 5.48. The Morgan fingerprint density at radius 2 is 1.76 bits per heavy atom. The molecule has 25 heavy (non-hydrogen) atoms. The molecule has 0 aliphatic carbocycles. The molecule has 0 spiro atoms. The summed E-state index contributed by atoms with van der Waals surface area (Å²) in [5.74, 6) is 0. The normalized spacial score (nSPS) is 10.7. The van der Waals surface area contributed by atoms with Gasteiger partial charge in [-0.25, -0.2) is 0 Å². The first-order valence-electron chi connectivity index (χ1n) is 7.89. The molecule has 124 valence electrons. The van der Waals surface area contributed by atoms with E-state index >= 15 is 0 Å². The van der Waals surface area contributed by atoms with E-state index in [9.17, 15) is 0 Å². The van der Waals surface area contributed by atoms with Crippen LogP contribution in [0.3, 0.4) is 0 Å². The number of allylic oxidation sites excluding steroid dienone is 5. The monoisotopic (exact) mass is 329 g/mol. The molecule has 2 rings (SSSR count). The minimum Gasteiger partial charge on any atom is -0.395 e. The fourth-order valence-corrected chi connectivity index (χ4v) is 2.35. The lowest BCUT2D eigenvalue weighted by molar-refractivity contribution is 0.304. The topological polar surface area (TPSA) is 71.0 Å². The number of benzene rings is 2. The fraction of sp³-hybridized carbons (Fsp3) is 0.143. The summed E-state index contributed by atoms with van der Waals surface area (Å²) in [5.41, 5.74) is 2.22. The molecule has 0 unspecified atom stereocenters. The molecule has 0 aliphatic heterocycles. The van der Waals surface area contributed by atoms with E-state index in [0.717, 1.165) is 22.0 Å². The van der Waals surface area contributed by atoms with Crippen molar-refractivity contribution in [2.75, 3.05) is 25.1 Å². The van der Waals surface area contributed by atoms with E-state index in [2.05, 4.69) is 24.3 Å². The van der Waals surface area contributed by atoms with E-state index in [1.54, 1.807) is 12.2 Å². The van der Waals surface area contributed by atoms with Gasteiger partial charge in [0.2, 0.25) is 0 Å². The van der Waals surface area contributed by atoms with E-state index in [1.165, 1.54) is 6.08 Å². The van der Waals surface area contributed by atoms with Crippen LogP contribution in [0.2, 0.25) is 0 Å². The molecule has 1 N–H and O–H groups in total. The summed E-state index contributed by atoms with van der Waals surface area (Å²) >= 11 is 0. The summed E-state index contributed by atoms with van der Waals surface area (Å²) in [6, 6.07) is 16.0. The average Bonchev–Trinajstić information content (AvgIpc) is 2.64. The van der Waals surface area contributed by atoms with Gasteiger partial charge in [-0.05, 0) is 40.6 Å². The van der Waals surface area contributed by atoms with Gasteiger partial charge in [-0.3, -0.25) is 0 Å². The van der Waals surface area contributed by atoms with Crippen molar-refractivity contribution in [3.63, 3.8) is 0 Å². The molecule has 0 amide bonds. The lowest BCUT2D eigenvalue weighted by Gasteiger charge is -2.18. The van der Waals surface area contributed by atoms with Crippen LogP contribution in [-0.4, -0.2) is 25.3 Å². The van der Waals surface area contributed by atoms with Gasteiger partial charge in [0.15, 0.2) is 0 Å². The molecular formula is C21H19N3O. The zero-order valence-electron chi connectivity index (χ0n) is 14.1.